The van der Waals surface area contributed by atoms with Crippen molar-refractivity contribution in [1.29, 1.82) is 0 Å². The van der Waals surface area contributed by atoms with Crippen LogP contribution in [0.1, 0.15) is 5.56 Å². The molecule has 0 spiro atoms. The molecule has 0 saturated heterocycles. The van der Waals surface area contributed by atoms with Crippen molar-refractivity contribution in [2.75, 3.05) is 14.2 Å². The van der Waals surface area contributed by atoms with Gasteiger partial charge in [-0.1, -0.05) is 54.6 Å². The molecule has 3 nitrogen and oxygen atoms in total. The van der Waals surface area contributed by atoms with Gasteiger partial charge < -0.3 is 9.05 Å². The maximum absolute atomic E-state index is 12.1. The van der Waals surface area contributed by atoms with Gasteiger partial charge in [0.25, 0.3) is 0 Å². The fourth-order valence-electron chi connectivity index (χ4n) is 1.91. The molecule has 0 atom stereocenters. The van der Waals surface area contributed by atoms with Crippen molar-refractivity contribution in [1.82, 2.24) is 0 Å². The van der Waals surface area contributed by atoms with E-state index in [1.165, 1.54) is 14.2 Å². The normalized spacial score (nSPS) is 11.5. The molecule has 0 aliphatic carbocycles. The molecule has 19 heavy (non-hydrogen) atoms. The minimum absolute atomic E-state index is 0.278. The minimum atomic E-state index is -3.01. The van der Waals surface area contributed by atoms with E-state index in [1.54, 1.807) is 0 Å². The molecule has 0 aliphatic heterocycles. The van der Waals surface area contributed by atoms with Crippen molar-refractivity contribution in [3.05, 3.63) is 60.2 Å². The van der Waals surface area contributed by atoms with Crippen molar-refractivity contribution < 1.29 is 13.6 Å². The molecule has 4 heteroatoms. The Labute approximate surface area is 113 Å². The van der Waals surface area contributed by atoms with Crippen LogP contribution in [0.15, 0.2) is 54.6 Å². The highest BCUT2D eigenvalue weighted by molar-refractivity contribution is 7.52. The largest absolute Gasteiger partial charge is 0.334 e. The van der Waals surface area contributed by atoms with Crippen molar-refractivity contribution in [3.63, 3.8) is 0 Å². The minimum Gasteiger partial charge on any atom is -0.312 e. The third-order valence-corrected chi connectivity index (χ3v) is 4.83. The maximum Gasteiger partial charge on any atom is 0.334 e. The number of rotatable bonds is 5. The Morgan fingerprint density at radius 1 is 0.895 bits per heavy atom. The average molecular weight is 276 g/mol. The van der Waals surface area contributed by atoms with Gasteiger partial charge in [-0.3, -0.25) is 4.57 Å². The summed E-state index contributed by atoms with van der Waals surface area (Å²) in [6.07, 6.45) is 0.278. The molecule has 2 aromatic rings. The average Bonchev–Trinajstić information content (AvgIpc) is 2.48. The zero-order valence-electron chi connectivity index (χ0n) is 11.1. The van der Waals surface area contributed by atoms with E-state index in [9.17, 15) is 4.57 Å². The Morgan fingerprint density at radius 2 is 1.53 bits per heavy atom. The van der Waals surface area contributed by atoms with Crippen LogP contribution in [0.5, 0.6) is 0 Å². The van der Waals surface area contributed by atoms with E-state index < -0.39 is 7.60 Å². The molecule has 0 unspecified atom stereocenters. The van der Waals surface area contributed by atoms with Gasteiger partial charge in [0, 0.05) is 14.2 Å². The monoisotopic (exact) mass is 276 g/mol. The van der Waals surface area contributed by atoms with E-state index in [0.29, 0.717) is 0 Å². The van der Waals surface area contributed by atoms with E-state index >= 15 is 0 Å². The molecule has 0 aromatic heterocycles. The highest BCUT2D eigenvalue weighted by atomic mass is 31.2. The van der Waals surface area contributed by atoms with Crippen LogP contribution in [-0.2, 0) is 19.8 Å². The summed E-state index contributed by atoms with van der Waals surface area (Å²) in [4.78, 5) is 0. The lowest BCUT2D eigenvalue weighted by Crippen LogP contribution is -1.93. The summed E-state index contributed by atoms with van der Waals surface area (Å²) in [5, 5.41) is 0. The first-order valence-corrected chi connectivity index (χ1v) is 7.74. The third-order valence-electron chi connectivity index (χ3n) is 2.97. The van der Waals surface area contributed by atoms with Crippen LogP contribution in [0.25, 0.3) is 11.1 Å². The van der Waals surface area contributed by atoms with Crippen molar-refractivity contribution in [2.45, 2.75) is 6.16 Å². The summed E-state index contributed by atoms with van der Waals surface area (Å²) < 4.78 is 22.1. The van der Waals surface area contributed by atoms with Crippen molar-refractivity contribution in [2.24, 2.45) is 0 Å². The zero-order chi connectivity index (χ0) is 13.7. The van der Waals surface area contributed by atoms with E-state index in [2.05, 4.69) is 0 Å². The SMILES string of the molecule is COP(=O)(Cc1cccc(-c2ccccc2)c1)OC. The van der Waals surface area contributed by atoms with Gasteiger partial charge >= 0.3 is 7.60 Å². The molecule has 0 aliphatic rings. The van der Waals surface area contributed by atoms with Crippen LogP contribution in [0.3, 0.4) is 0 Å². The first-order chi connectivity index (χ1) is 9.17. The first kappa shape index (κ1) is 14.0. The Kier molecular flexibility index (Phi) is 4.54. The molecule has 2 rings (SSSR count). The molecule has 0 heterocycles. The Hall–Kier alpha value is -1.41. The summed E-state index contributed by atoms with van der Waals surface area (Å²) in [6.45, 7) is 0. The Morgan fingerprint density at radius 3 is 2.16 bits per heavy atom. The molecule has 0 amide bonds. The number of benzene rings is 2. The van der Waals surface area contributed by atoms with Crippen LogP contribution in [0.4, 0.5) is 0 Å². The summed E-state index contributed by atoms with van der Waals surface area (Å²) >= 11 is 0. The first-order valence-electron chi connectivity index (χ1n) is 6.02. The lowest BCUT2D eigenvalue weighted by Gasteiger charge is -2.14. The third kappa shape index (κ3) is 3.54. The van der Waals surface area contributed by atoms with E-state index in [-0.39, 0.29) is 6.16 Å². The second-order valence-electron chi connectivity index (χ2n) is 4.20. The van der Waals surface area contributed by atoms with Crippen LogP contribution < -0.4 is 0 Å². The zero-order valence-corrected chi connectivity index (χ0v) is 12.0. The van der Waals surface area contributed by atoms with Gasteiger partial charge in [-0.15, -0.1) is 0 Å². The highest BCUT2D eigenvalue weighted by Gasteiger charge is 2.21. The molecule has 100 valence electrons. The highest BCUT2D eigenvalue weighted by Crippen LogP contribution is 2.49. The molecule has 0 bridgehead atoms. The number of hydrogen-bond acceptors (Lipinski definition) is 3. The summed E-state index contributed by atoms with van der Waals surface area (Å²) in [5.41, 5.74) is 3.17. The van der Waals surface area contributed by atoms with E-state index in [4.69, 9.17) is 9.05 Å². The van der Waals surface area contributed by atoms with E-state index in [0.717, 1.165) is 16.7 Å². The summed E-state index contributed by atoms with van der Waals surface area (Å²) in [6, 6.07) is 18.0. The van der Waals surface area contributed by atoms with Crippen LogP contribution in [0.2, 0.25) is 0 Å². The molecule has 0 fully saturated rings. The second kappa shape index (κ2) is 6.16. The maximum atomic E-state index is 12.1. The van der Waals surface area contributed by atoms with Gasteiger partial charge in [0.15, 0.2) is 0 Å². The summed E-state index contributed by atoms with van der Waals surface area (Å²) in [7, 11) is -0.198. The summed E-state index contributed by atoms with van der Waals surface area (Å²) in [5.74, 6) is 0. The lowest BCUT2D eigenvalue weighted by atomic mass is 10.0. The van der Waals surface area contributed by atoms with Gasteiger partial charge in [-0.05, 0) is 16.7 Å². The van der Waals surface area contributed by atoms with Gasteiger partial charge in [-0.25, -0.2) is 0 Å². The predicted octanol–water partition coefficient (Wildman–Crippen LogP) is 4.34. The lowest BCUT2D eigenvalue weighted by molar-refractivity contribution is 0.275. The molecule has 0 saturated carbocycles. The fourth-order valence-corrected chi connectivity index (χ4v) is 2.96. The van der Waals surface area contributed by atoms with Crippen molar-refractivity contribution in [3.8, 4) is 11.1 Å². The van der Waals surface area contributed by atoms with Crippen LogP contribution in [0, 0.1) is 0 Å². The fraction of sp³-hybridized carbons (Fsp3) is 0.200. The van der Waals surface area contributed by atoms with Crippen molar-refractivity contribution >= 4 is 7.60 Å². The standard InChI is InChI=1S/C15H17O3P/c1-17-19(16,18-2)12-13-7-6-10-15(11-13)14-8-4-3-5-9-14/h3-11H,12H2,1-2H3. The smallest absolute Gasteiger partial charge is 0.312 e. The quantitative estimate of drug-likeness (QED) is 0.762. The number of hydrogen-bond donors (Lipinski definition) is 0. The Balaban J connectivity index is 2.28. The van der Waals surface area contributed by atoms with Crippen LogP contribution in [-0.4, -0.2) is 14.2 Å². The molecular formula is C15H17O3P. The molecular weight excluding hydrogens is 259 g/mol. The van der Waals surface area contributed by atoms with Gasteiger partial charge in [-0.2, -0.15) is 0 Å². The molecule has 0 N–H and O–H groups in total. The Bertz CT molecular complexity index is 573. The van der Waals surface area contributed by atoms with Gasteiger partial charge in [0.05, 0.1) is 6.16 Å². The second-order valence-corrected chi connectivity index (χ2v) is 6.47. The van der Waals surface area contributed by atoms with Gasteiger partial charge in [0.1, 0.15) is 0 Å². The van der Waals surface area contributed by atoms with Crippen LogP contribution >= 0.6 is 7.60 Å². The molecule has 0 radical (unpaired) electrons. The van der Waals surface area contributed by atoms with Gasteiger partial charge in [0.2, 0.25) is 0 Å². The predicted molar refractivity (Wildman–Crippen MR) is 77.2 cm³/mol. The topological polar surface area (TPSA) is 35.5 Å². The van der Waals surface area contributed by atoms with E-state index in [1.807, 2.05) is 54.6 Å². The molecule has 2 aromatic carbocycles.